The number of aromatic nitrogens is 3. The van der Waals surface area contributed by atoms with Gasteiger partial charge in [-0.1, -0.05) is 17.3 Å². The highest BCUT2D eigenvalue weighted by molar-refractivity contribution is 5.85. The summed E-state index contributed by atoms with van der Waals surface area (Å²) in [6.45, 7) is 8.42. The maximum absolute atomic E-state index is 9.68. The molecule has 7 nitrogen and oxygen atoms in total. The molecule has 4 aromatic rings. The summed E-state index contributed by atoms with van der Waals surface area (Å²) >= 11 is 0. The molecule has 0 atom stereocenters. The number of hydrogen-bond acceptors (Lipinski definition) is 6. The van der Waals surface area contributed by atoms with Crippen LogP contribution >= 0.6 is 0 Å². The molecule has 3 aromatic heterocycles. The van der Waals surface area contributed by atoms with Gasteiger partial charge < -0.3 is 9.42 Å². The Labute approximate surface area is 168 Å². The van der Waals surface area contributed by atoms with E-state index in [-0.39, 0.29) is 0 Å². The third-order valence-electron chi connectivity index (χ3n) is 5.62. The Morgan fingerprint density at radius 3 is 2.62 bits per heavy atom. The smallest absolute Gasteiger partial charge is 0.157 e. The fourth-order valence-corrected chi connectivity index (χ4v) is 4.16. The Bertz CT molecular complexity index is 1240. The van der Waals surface area contributed by atoms with Crippen LogP contribution < -0.4 is 4.90 Å². The van der Waals surface area contributed by atoms with E-state index in [0.29, 0.717) is 5.56 Å². The van der Waals surface area contributed by atoms with Crippen molar-refractivity contribution in [1.82, 2.24) is 19.4 Å². The van der Waals surface area contributed by atoms with Crippen LogP contribution in [-0.4, -0.2) is 45.6 Å². The van der Waals surface area contributed by atoms with Gasteiger partial charge in [0, 0.05) is 38.8 Å². The zero-order chi connectivity index (χ0) is 20.0. The highest BCUT2D eigenvalue weighted by Crippen LogP contribution is 2.29. The minimum absolute atomic E-state index is 0.644. The molecule has 1 fully saturated rings. The zero-order valence-corrected chi connectivity index (χ0v) is 16.6. The third-order valence-corrected chi connectivity index (χ3v) is 5.62. The van der Waals surface area contributed by atoms with Crippen LogP contribution in [0.15, 0.2) is 40.9 Å². The summed E-state index contributed by atoms with van der Waals surface area (Å²) in [7, 11) is 0. The fraction of sp³-hybridized carbons (Fsp3) is 0.318. The minimum atomic E-state index is 0.644. The first kappa shape index (κ1) is 17.7. The molecule has 1 saturated heterocycles. The van der Waals surface area contributed by atoms with Crippen molar-refractivity contribution in [2.24, 2.45) is 0 Å². The zero-order valence-electron chi connectivity index (χ0n) is 16.6. The van der Waals surface area contributed by atoms with E-state index in [0.717, 1.165) is 72.2 Å². The van der Waals surface area contributed by atoms with Crippen LogP contribution in [0.5, 0.6) is 0 Å². The van der Waals surface area contributed by atoms with Crippen LogP contribution in [0.4, 0.5) is 5.82 Å². The highest BCUT2D eigenvalue weighted by atomic mass is 16.5. The molecular weight excluding hydrogens is 364 g/mol. The molecule has 1 aromatic carbocycles. The molecule has 29 heavy (non-hydrogen) atoms. The lowest BCUT2D eigenvalue weighted by Crippen LogP contribution is -2.46. The Morgan fingerprint density at radius 2 is 1.90 bits per heavy atom. The van der Waals surface area contributed by atoms with Crippen LogP contribution in [0, 0.1) is 25.2 Å². The average molecular weight is 386 g/mol. The predicted octanol–water partition coefficient (Wildman–Crippen LogP) is 3.29. The molecule has 7 heteroatoms. The van der Waals surface area contributed by atoms with Crippen LogP contribution in [0.1, 0.15) is 22.6 Å². The number of hydrogen-bond donors (Lipinski definition) is 0. The summed E-state index contributed by atoms with van der Waals surface area (Å²) in [5.41, 5.74) is 5.28. The number of benzene rings is 1. The van der Waals surface area contributed by atoms with E-state index in [1.165, 1.54) is 0 Å². The molecule has 0 amide bonds. The lowest BCUT2D eigenvalue weighted by Gasteiger charge is -2.36. The quantitative estimate of drug-likeness (QED) is 0.538. The summed E-state index contributed by atoms with van der Waals surface area (Å²) in [4.78, 5) is 9.55. The Morgan fingerprint density at radius 1 is 1.10 bits per heavy atom. The van der Waals surface area contributed by atoms with Crippen molar-refractivity contribution < 1.29 is 4.52 Å². The number of piperazine rings is 1. The molecule has 146 valence electrons. The van der Waals surface area contributed by atoms with Gasteiger partial charge in [0.15, 0.2) is 5.65 Å². The van der Waals surface area contributed by atoms with E-state index in [9.17, 15) is 5.26 Å². The number of pyridine rings is 1. The molecule has 1 aliphatic rings. The molecule has 0 spiro atoms. The maximum Gasteiger partial charge on any atom is 0.157 e. The Kier molecular flexibility index (Phi) is 4.22. The highest BCUT2D eigenvalue weighted by Gasteiger charge is 2.23. The molecule has 0 saturated carbocycles. The van der Waals surface area contributed by atoms with Crippen molar-refractivity contribution in [2.75, 3.05) is 31.1 Å². The molecule has 0 radical (unpaired) electrons. The lowest BCUT2D eigenvalue weighted by molar-refractivity contribution is 0.241. The Hall–Kier alpha value is -3.37. The second kappa shape index (κ2) is 6.90. The molecule has 4 heterocycles. The second-order valence-electron chi connectivity index (χ2n) is 7.62. The van der Waals surface area contributed by atoms with Gasteiger partial charge in [0.2, 0.25) is 0 Å². The number of anilines is 1. The van der Waals surface area contributed by atoms with Crippen molar-refractivity contribution in [1.29, 1.82) is 5.26 Å². The number of imidazole rings is 1. The number of rotatable bonds is 3. The first-order chi connectivity index (χ1) is 14.1. The molecule has 0 aliphatic carbocycles. The van der Waals surface area contributed by atoms with Gasteiger partial charge in [0.25, 0.3) is 0 Å². The number of aryl methyl sites for hydroxylation is 2. The van der Waals surface area contributed by atoms with Crippen LogP contribution in [0.25, 0.3) is 16.7 Å². The number of nitriles is 1. The largest absolute Gasteiger partial charge is 0.361 e. The van der Waals surface area contributed by atoms with Crippen LogP contribution in [0.2, 0.25) is 0 Å². The van der Waals surface area contributed by atoms with Gasteiger partial charge >= 0.3 is 0 Å². The summed E-state index contributed by atoms with van der Waals surface area (Å²) in [6.07, 6.45) is 0. The fourth-order valence-electron chi connectivity index (χ4n) is 4.16. The van der Waals surface area contributed by atoms with Crippen molar-refractivity contribution in [3.8, 4) is 6.07 Å². The lowest BCUT2D eigenvalue weighted by atomic mass is 10.1. The van der Waals surface area contributed by atoms with Gasteiger partial charge in [0.05, 0.1) is 22.3 Å². The van der Waals surface area contributed by atoms with E-state index >= 15 is 0 Å². The molecular formula is C22H22N6O. The summed E-state index contributed by atoms with van der Waals surface area (Å²) in [5.74, 6) is 1.95. The number of para-hydroxylation sites is 2. The summed E-state index contributed by atoms with van der Waals surface area (Å²) < 4.78 is 7.32. The molecule has 0 bridgehead atoms. The van der Waals surface area contributed by atoms with E-state index in [1.807, 2.05) is 38.1 Å². The van der Waals surface area contributed by atoms with Crippen molar-refractivity contribution in [3.63, 3.8) is 0 Å². The van der Waals surface area contributed by atoms with Gasteiger partial charge in [-0.2, -0.15) is 5.26 Å². The Balaban J connectivity index is 1.48. The predicted molar refractivity (Wildman–Crippen MR) is 111 cm³/mol. The SMILES string of the molecule is Cc1cc(CN2CCN(c3cc(C)c(C#N)c4nc5ccccc5n34)CC2)no1. The number of nitrogens with zero attached hydrogens (tertiary/aromatic N) is 6. The van der Waals surface area contributed by atoms with E-state index < -0.39 is 0 Å². The molecule has 0 N–H and O–H groups in total. The molecule has 1 aliphatic heterocycles. The normalized spacial score (nSPS) is 15.3. The van der Waals surface area contributed by atoms with Gasteiger partial charge in [-0.05, 0) is 37.6 Å². The van der Waals surface area contributed by atoms with Crippen molar-refractivity contribution >= 4 is 22.5 Å². The monoisotopic (exact) mass is 386 g/mol. The summed E-state index contributed by atoms with van der Waals surface area (Å²) in [5, 5.41) is 13.8. The first-order valence-electron chi connectivity index (χ1n) is 9.84. The minimum Gasteiger partial charge on any atom is -0.361 e. The van der Waals surface area contributed by atoms with Gasteiger partial charge in [-0.3, -0.25) is 9.30 Å². The average Bonchev–Trinajstić information content (AvgIpc) is 3.31. The van der Waals surface area contributed by atoms with Gasteiger partial charge in [-0.15, -0.1) is 0 Å². The number of fused-ring (bicyclic) bond motifs is 3. The van der Waals surface area contributed by atoms with Crippen molar-refractivity contribution in [2.45, 2.75) is 20.4 Å². The molecule has 5 rings (SSSR count). The second-order valence-corrected chi connectivity index (χ2v) is 7.62. The third kappa shape index (κ3) is 3.02. The molecule has 0 unspecified atom stereocenters. The topological polar surface area (TPSA) is 73.6 Å². The summed E-state index contributed by atoms with van der Waals surface area (Å²) in [6, 6.07) is 14.5. The van der Waals surface area contributed by atoms with Crippen LogP contribution in [-0.2, 0) is 6.54 Å². The van der Waals surface area contributed by atoms with Crippen LogP contribution in [0.3, 0.4) is 0 Å². The van der Waals surface area contributed by atoms with E-state index in [4.69, 9.17) is 9.51 Å². The standard InChI is InChI=1S/C22H22N6O/c1-15-11-21(27-9-7-26(8-10-27)14-17-12-16(2)29-25-17)28-20-6-4-3-5-19(20)24-22(28)18(15)13-23/h3-6,11-12H,7-10,14H2,1-2H3. The van der Waals surface area contributed by atoms with Gasteiger partial charge in [-0.25, -0.2) is 4.98 Å². The maximum atomic E-state index is 9.68. The van der Waals surface area contributed by atoms with E-state index in [1.54, 1.807) is 0 Å². The first-order valence-corrected chi connectivity index (χ1v) is 9.84. The van der Waals surface area contributed by atoms with E-state index in [2.05, 4.69) is 37.6 Å². The van der Waals surface area contributed by atoms with Gasteiger partial charge in [0.1, 0.15) is 17.6 Å². The van der Waals surface area contributed by atoms with Crippen molar-refractivity contribution in [3.05, 3.63) is 59.0 Å².